The first-order valence-electron chi connectivity index (χ1n) is 8.61. The van der Waals surface area contributed by atoms with Gasteiger partial charge in [0.1, 0.15) is 17.6 Å². The lowest BCUT2D eigenvalue weighted by Crippen LogP contribution is -2.32. The van der Waals surface area contributed by atoms with Gasteiger partial charge in [-0.15, -0.1) is 0 Å². The molecular formula is C21H16F2N4O. The summed E-state index contributed by atoms with van der Waals surface area (Å²) in [5, 5.41) is 4.44. The highest BCUT2D eigenvalue weighted by atomic mass is 19.2. The van der Waals surface area contributed by atoms with E-state index in [4.69, 9.17) is 0 Å². The number of amides is 1. The zero-order valence-corrected chi connectivity index (χ0v) is 14.9. The van der Waals surface area contributed by atoms with Gasteiger partial charge in [0.2, 0.25) is 0 Å². The van der Waals surface area contributed by atoms with Gasteiger partial charge in [-0.25, -0.2) is 13.8 Å². The Balaban J connectivity index is 1.76. The predicted octanol–water partition coefficient (Wildman–Crippen LogP) is 3.77. The number of halogens is 2. The lowest BCUT2D eigenvalue weighted by Gasteiger charge is -2.19. The molecule has 1 amide bonds. The van der Waals surface area contributed by atoms with Crippen molar-refractivity contribution in [3.8, 4) is 0 Å². The van der Waals surface area contributed by atoms with Crippen molar-refractivity contribution in [3.05, 3.63) is 95.8 Å². The average Bonchev–Trinajstić information content (AvgIpc) is 3.13. The van der Waals surface area contributed by atoms with Gasteiger partial charge in [0.05, 0.1) is 0 Å². The maximum Gasteiger partial charge on any atom is 0.271 e. The molecule has 5 nitrogen and oxygen atoms in total. The van der Waals surface area contributed by atoms with E-state index in [1.54, 1.807) is 30.2 Å². The molecule has 0 saturated carbocycles. The Hall–Kier alpha value is -3.61. The van der Waals surface area contributed by atoms with E-state index in [-0.39, 0.29) is 5.69 Å². The maximum absolute atomic E-state index is 13.8. The number of pyridine rings is 1. The second-order valence-corrected chi connectivity index (χ2v) is 6.36. The van der Waals surface area contributed by atoms with E-state index >= 15 is 0 Å². The molecule has 0 radical (unpaired) electrons. The molecule has 0 bridgehead atoms. The molecule has 0 aliphatic carbocycles. The number of nitrogens with zero attached hydrogens (tertiary/aromatic N) is 3. The fourth-order valence-corrected chi connectivity index (χ4v) is 3.14. The second kappa shape index (κ2) is 7.19. The summed E-state index contributed by atoms with van der Waals surface area (Å²) < 4.78 is 28.9. The summed E-state index contributed by atoms with van der Waals surface area (Å²) in [5.41, 5.74) is 0.627. The number of imidazole rings is 1. The smallest absolute Gasteiger partial charge is 0.271 e. The number of nitrogens with one attached hydrogen (secondary N) is 1. The minimum Gasteiger partial charge on any atom is -0.337 e. The number of carbonyl (C=O) groups excluding carboxylic acids is 1. The summed E-state index contributed by atoms with van der Waals surface area (Å²) in [4.78, 5) is 21.5. The summed E-state index contributed by atoms with van der Waals surface area (Å²) in [5.74, 6) is -1.90. The third-order valence-corrected chi connectivity index (χ3v) is 4.56. The van der Waals surface area contributed by atoms with Crippen molar-refractivity contribution >= 4 is 16.7 Å². The number of hydrogen-bond donors (Lipinski definition) is 1. The Labute approximate surface area is 159 Å². The lowest BCUT2D eigenvalue weighted by molar-refractivity contribution is 0.0938. The zero-order valence-electron chi connectivity index (χ0n) is 14.9. The number of aryl methyl sites for hydroxylation is 1. The average molecular weight is 378 g/mol. The molecule has 140 valence electrons. The van der Waals surface area contributed by atoms with Crippen LogP contribution in [0.2, 0.25) is 0 Å². The molecule has 1 N–H and O–H groups in total. The van der Waals surface area contributed by atoms with E-state index < -0.39 is 23.6 Å². The first-order valence-corrected chi connectivity index (χ1v) is 8.61. The number of benzene rings is 2. The van der Waals surface area contributed by atoms with Gasteiger partial charge in [-0.3, -0.25) is 9.78 Å². The first kappa shape index (κ1) is 17.8. The summed E-state index contributed by atoms with van der Waals surface area (Å²) in [6.45, 7) is 0. The summed E-state index contributed by atoms with van der Waals surface area (Å²) in [6, 6.07) is 12.0. The molecule has 1 atom stereocenters. The Morgan fingerprint density at radius 1 is 1.04 bits per heavy atom. The van der Waals surface area contributed by atoms with Crippen molar-refractivity contribution in [2.75, 3.05) is 0 Å². The molecule has 2 aromatic heterocycles. The molecule has 4 aromatic rings. The van der Waals surface area contributed by atoms with E-state index in [2.05, 4.69) is 15.3 Å². The van der Waals surface area contributed by atoms with Gasteiger partial charge >= 0.3 is 0 Å². The van der Waals surface area contributed by atoms with E-state index in [0.717, 1.165) is 17.5 Å². The van der Waals surface area contributed by atoms with E-state index in [1.807, 2.05) is 30.3 Å². The van der Waals surface area contributed by atoms with Gasteiger partial charge in [0.25, 0.3) is 5.91 Å². The predicted molar refractivity (Wildman–Crippen MR) is 101 cm³/mol. The largest absolute Gasteiger partial charge is 0.337 e. The van der Waals surface area contributed by atoms with E-state index in [1.165, 1.54) is 6.07 Å². The van der Waals surface area contributed by atoms with Crippen LogP contribution in [0.3, 0.4) is 0 Å². The molecule has 0 spiro atoms. The number of hydrogen-bond acceptors (Lipinski definition) is 3. The molecule has 2 aromatic carbocycles. The van der Waals surface area contributed by atoms with Gasteiger partial charge in [0, 0.05) is 31.0 Å². The highest BCUT2D eigenvalue weighted by Crippen LogP contribution is 2.24. The Bertz CT molecular complexity index is 1170. The van der Waals surface area contributed by atoms with Crippen LogP contribution in [0.1, 0.15) is 27.9 Å². The van der Waals surface area contributed by atoms with E-state index in [0.29, 0.717) is 16.8 Å². The van der Waals surface area contributed by atoms with Crippen LogP contribution in [0.25, 0.3) is 10.8 Å². The molecular weight excluding hydrogens is 362 g/mol. The lowest BCUT2D eigenvalue weighted by atomic mass is 10.0. The Morgan fingerprint density at radius 3 is 2.61 bits per heavy atom. The summed E-state index contributed by atoms with van der Waals surface area (Å²) >= 11 is 0. The fourth-order valence-electron chi connectivity index (χ4n) is 3.14. The molecule has 1 unspecified atom stereocenters. The van der Waals surface area contributed by atoms with Crippen LogP contribution in [0.15, 0.2) is 67.1 Å². The van der Waals surface area contributed by atoms with Gasteiger partial charge in [-0.2, -0.15) is 0 Å². The molecule has 2 heterocycles. The standard InChI is InChI=1S/C21H16F2N4O/c1-27-11-10-25-20(27)18(14-6-7-16(22)17(23)12-14)26-21(28)19-15-5-3-2-4-13(15)8-9-24-19/h2-12,18H,1H3,(H,26,28). The van der Waals surface area contributed by atoms with Crippen LogP contribution >= 0.6 is 0 Å². The minimum atomic E-state index is -0.991. The quantitative estimate of drug-likeness (QED) is 0.588. The van der Waals surface area contributed by atoms with Crippen molar-refractivity contribution in [2.24, 2.45) is 7.05 Å². The highest BCUT2D eigenvalue weighted by Gasteiger charge is 2.24. The van der Waals surface area contributed by atoms with Crippen LogP contribution in [0.4, 0.5) is 8.78 Å². The van der Waals surface area contributed by atoms with Crippen molar-refractivity contribution in [2.45, 2.75) is 6.04 Å². The minimum absolute atomic E-state index is 0.250. The summed E-state index contributed by atoms with van der Waals surface area (Å²) in [7, 11) is 1.76. The molecule has 0 aliphatic rings. The Kier molecular flexibility index (Phi) is 4.57. The van der Waals surface area contributed by atoms with Gasteiger partial charge in [0.15, 0.2) is 11.6 Å². The van der Waals surface area contributed by atoms with Crippen LogP contribution in [-0.2, 0) is 7.05 Å². The first-order chi connectivity index (χ1) is 13.5. The number of aromatic nitrogens is 3. The summed E-state index contributed by atoms with van der Waals surface area (Å²) in [6.07, 6.45) is 4.85. The normalized spacial score (nSPS) is 12.1. The maximum atomic E-state index is 13.8. The monoisotopic (exact) mass is 378 g/mol. The molecule has 7 heteroatoms. The third-order valence-electron chi connectivity index (χ3n) is 4.56. The molecule has 28 heavy (non-hydrogen) atoms. The van der Waals surface area contributed by atoms with Crippen molar-refractivity contribution in [3.63, 3.8) is 0 Å². The SMILES string of the molecule is Cn1ccnc1C(NC(=O)c1nccc2ccccc12)c1ccc(F)c(F)c1. The number of fused-ring (bicyclic) bond motifs is 1. The van der Waals surface area contributed by atoms with Gasteiger partial charge < -0.3 is 9.88 Å². The Morgan fingerprint density at radius 2 is 1.86 bits per heavy atom. The van der Waals surface area contributed by atoms with Gasteiger partial charge in [-0.1, -0.05) is 30.3 Å². The van der Waals surface area contributed by atoms with Crippen molar-refractivity contribution < 1.29 is 13.6 Å². The van der Waals surface area contributed by atoms with E-state index in [9.17, 15) is 13.6 Å². The topological polar surface area (TPSA) is 59.8 Å². The molecule has 0 aliphatic heterocycles. The van der Waals surface area contributed by atoms with Crippen molar-refractivity contribution in [1.82, 2.24) is 19.9 Å². The van der Waals surface area contributed by atoms with Gasteiger partial charge in [-0.05, 0) is 29.1 Å². The number of carbonyl (C=O) groups is 1. The van der Waals surface area contributed by atoms with Crippen LogP contribution in [-0.4, -0.2) is 20.4 Å². The fraction of sp³-hybridized carbons (Fsp3) is 0.0952. The zero-order chi connectivity index (χ0) is 19.7. The van der Waals surface area contributed by atoms with Crippen molar-refractivity contribution in [1.29, 1.82) is 0 Å². The third kappa shape index (κ3) is 3.22. The number of rotatable bonds is 4. The molecule has 0 fully saturated rings. The van der Waals surface area contributed by atoms with Crippen LogP contribution < -0.4 is 5.32 Å². The van der Waals surface area contributed by atoms with Crippen LogP contribution in [0, 0.1) is 11.6 Å². The molecule has 4 rings (SSSR count). The highest BCUT2D eigenvalue weighted by molar-refractivity contribution is 6.05. The molecule has 0 saturated heterocycles. The van der Waals surface area contributed by atoms with Crippen LogP contribution in [0.5, 0.6) is 0 Å². The second-order valence-electron chi connectivity index (χ2n) is 6.36.